The summed E-state index contributed by atoms with van der Waals surface area (Å²) in [5, 5.41) is 7.73. The first kappa shape index (κ1) is 10.2. The van der Waals surface area contributed by atoms with Gasteiger partial charge in [-0.05, 0) is 12.1 Å². The fourth-order valence-corrected chi connectivity index (χ4v) is 0.471. The van der Waals surface area contributed by atoms with Crippen LogP contribution < -0.4 is 0 Å². The van der Waals surface area contributed by atoms with Crippen LogP contribution in [0.2, 0.25) is 5.15 Å². The van der Waals surface area contributed by atoms with E-state index in [0.717, 1.165) is 0 Å². The topological polar surface area (TPSA) is 50.2 Å². The molecule has 0 aliphatic heterocycles. The van der Waals surface area contributed by atoms with Gasteiger partial charge in [-0.1, -0.05) is 17.7 Å². The normalized spacial score (nSPS) is 7.82. The third kappa shape index (κ3) is 9.20. The van der Waals surface area contributed by atoms with Crippen LogP contribution in [0.15, 0.2) is 24.4 Å². The minimum absolute atomic E-state index is 0.544. The van der Waals surface area contributed by atoms with Crippen LogP contribution in [0.25, 0.3) is 0 Å². The molecule has 0 saturated carbocycles. The minimum Gasteiger partial charge on any atom is -0.469 e. The highest BCUT2D eigenvalue weighted by Crippen LogP contribution is 1.98. The van der Waals surface area contributed by atoms with Crippen molar-refractivity contribution < 1.29 is 9.90 Å². The van der Waals surface area contributed by atoms with Gasteiger partial charge in [0.25, 0.3) is 0 Å². The molecular formula is C6H5Cl2NO2. The highest BCUT2D eigenvalue weighted by atomic mass is 35.5. The van der Waals surface area contributed by atoms with Crippen LogP contribution in [0.3, 0.4) is 0 Å². The van der Waals surface area contributed by atoms with Gasteiger partial charge in [-0.15, -0.1) is 0 Å². The van der Waals surface area contributed by atoms with E-state index >= 15 is 0 Å². The Morgan fingerprint density at radius 3 is 2.27 bits per heavy atom. The van der Waals surface area contributed by atoms with E-state index in [2.05, 4.69) is 16.6 Å². The highest BCUT2D eigenvalue weighted by Gasteiger charge is 1.76. The molecule has 5 heteroatoms. The van der Waals surface area contributed by atoms with Crippen molar-refractivity contribution in [2.75, 3.05) is 0 Å². The lowest BCUT2D eigenvalue weighted by atomic mass is 10.5. The van der Waals surface area contributed by atoms with Gasteiger partial charge in [0.2, 0.25) is 0 Å². The molecule has 0 unspecified atom stereocenters. The van der Waals surface area contributed by atoms with E-state index in [4.69, 9.17) is 21.5 Å². The zero-order valence-corrected chi connectivity index (χ0v) is 6.88. The zero-order valence-electron chi connectivity index (χ0n) is 5.37. The van der Waals surface area contributed by atoms with Crippen molar-refractivity contribution in [3.63, 3.8) is 0 Å². The third-order valence-corrected chi connectivity index (χ3v) is 0.852. The summed E-state index contributed by atoms with van der Waals surface area (Å²) in [6, 6.07) is 5.41. The maximum absolute atomic E-state index is 8.77. The molecule has 0 atom stereocenters. The predicted octanol–water partition coefficient (Wildman–Crippen LogP) is 2.64. The second-order valence-corrected chi connectivity index (χ2v) is 2.12. The van der Waals surface area contributed by atoms with Crippen LogP contribution in [0.5, 0.6) is 0 Å². The highest BCUT2D eigenvalue weighted by molar-refractivity contribution is 6.60. The van der Waals surface area contributed by atoms with Crippen LogP contribution in [0, 0.1) is 0 Å². The number of carboxylic acid groups (broad SMARTS) is 1. The predicted molar refractivity (Wildman–Crippen MR) is 43.1 cm³/mol. The molecule has 0 aliphatic carbocycles. The number of rotatable bonds is 0. The number of halogens is 2. The van der Waals surface area contributed by atoms with Crippen LogP contribution in [0.4, 0.5) is 4.79 Å². The van der Waals surface area contributed by atoms with Crippen LogP contribution in [-0.4, -0.2) is 15.5 Å². The van der Waals surface area contributed by atoms with Crippen molar-refractivity contribution in [2.24, 2.45) is 0 Å². The first-order chi connectivity index (χ1) is 5.13. The Morgan fingerprint density at radius 2 is 2.09 bits per heavy atom. The third-order valence-electron chi connectivity index (χ3n) is 0.629. The van der Waals surface area contributed by atoms with Crippen molar-refractivity contribution in [3.8, 4) is 0 Å². The number of hydrogen-bond donors (Lipinski definition) is 1. The summed E-state index contributed by atoms with van der Waals surface area (Å²) in [7, 11) is 0. The standard InChI is InChI=1S/C5H4ClN.CHClO2/c6-5-3-1-2-4-7-5;2-1(3)4/h1-4H;(H,3,4). The van der Waals surface area contributed by atoms with E-state index < -0.39 is 5.43 Å². The second kappa shape index (κ2) is 5.95. The number of pyridine rings is 1. The Labute approximate surface area is 73.6 Å². The van der Waals surface area contributed by atoms with E-state index in [9.17, 15) is 0 Å². The lowest BCUT2D eigenvalue weighted by molar-refractivity contribution is 0.220. The fourth-order valence-electron chi connectivity index (χ4n) is 0.342. The van der Waals surface area contributed by atoms with Crippen molar-refractivity contribution >= 4 is 28.6 Å². The van der Waals surface area contributed by atoms with Gasteiger partial charge in [0.05, 0.1) is 0 Å². The molecule has 3 nitrogen and oxygen atoms in total. The summed E-state index contributed by atoms with van der Waals surface area (Å²) >= 11 is 9.62. The molecule has 1 N–H and O–H groups in total. The molecule has 0 bridgehead atoms. The average molecular weight is 194 g/mol. The summed E-state index contributed by atoms with van der Waals surface area (Å²) in [5.41, 5.74) is -1.36. The van der Waals surface area contributed by atoms with Crippen LogP contribution >= 0.6 is 23.2 Å². The van der Waals surface area contributed by atoms with Crippen molar-refractivity contribution in [1.82, 2.24) is 4.98 Å². The summed E-state index contributed by atoms with van der Waals surface area (Å²) in [5.74, 6) is 0. The largest absolute Gasteiger partial charge is 0.469 e. The van der Waals surface area contributed by atoms with E-state index in [1.54, 1.807) is 12.3 Å². The van der Waals surface area contributed by atoms with Crippen LogP contribution in [0.1, 0.15) is 0 Å². The molecule has 1 aromatic rings. The first-order valence-electron chi connectivity index (χ1n) is 2.58. The Bertz CT molecular complexity index is 211. The molecule has 0 aromatic carbocycles. The van der Waals surface area contributed by atoms with Crippen molar-refractivity contribution in [3.05, 3.63) is 29.5 Å². The Hall–Kier alpha value is -0.800. The molecular weight excluding hydrogens is 189 g/mol. The van der Waals surface area contributed by atoms with Crippen molar-refractivity contribution in [1.29, 1.82) is 0 Å². The van der Waals surface area contributed by atoms with Gasteiger partial charge in [-0.3, -0.25) is 0 Å². The van der Waals surface area contributed by atoms with Crippen LogP contribution in [-0.2, 0) is 0 Å². The molecule has 0 fully saturated rings. The quantitative estimate of drug-likeness (QED) is 0.510. The molecule has 0 amide bonds. The van der Waals surface area contributed by atoms with Gasteiger partial charge in [0.15, 0.2) is 0 Å². The monoisotopic (exact) mass is 193 g/mol. The SMILES string of the molecule is Clc1ccccn1.O=C(O)Cl. The minimum atomic E-state index is -1.36. The fraction of sp³-hybridized carbons (Fsp3) is 0. The van der Waals surface area contributed by atoms with Gasteiger partial charge in [0, 0.05) is 17.8 Å². The Balaban J connectivity index is 0.000000218. The molecule has 0 spiro atoms. The number of hydrogen-bond acceptors (Lipinski definition) is 2. The number of carbonyl (C=O) groups is 1. The molecule has 0 aliphatic rings. The van der Waals surface area contributed by atoms with Gasteiger partial charge in [-0.25, -0.2) is 9.78 Å². The number of aromatic nitrogens is 1. The lowest BCUT2D eigenvalue weighted by Crippen LogP contribution is -1.66. The van der Waals surface area contributed by atoms with Gasteiger partial charge in [-0.2, -0.15) is 0 Å². The molecule has 1 aromatic heterocycles. The summed E-state index contributed by atoms with van der Waals surface area (Å²) in [6.45, 7) is 0. The van der Waals surface area contributed by atoms with E-state index in [1.165, 1.54) is 0 Å². The lowest BCUT2D eigenvalue weighted by Gasteiger charge is -1.79. The van der Waals surface area contributed by atoms with E-state index in [0.29, 0.717) is 5.15 Å². The van der Waals surface area contributed by atoms with Crippen molar-refractivity contribution in [2.45, 2.75) is 0 Å². The summed E-state index contributed by atoms with van der Waals surface area (Å²) in [4.78, 5) is 12.5. The summed E-state index contributed by atoms with van der Waals surface area (Å²) in [6.07, 6.45) is 1.66. The maximum atomic E-state index is 8.77. The van der Waals surface area contributed by atoms with Gasteiger partial charge >= 0.3 is 5.43 Å². The Kier molecular flexibility index (Phi) is 5.51. The molecule has 0 saturated heterocycles. The molecule has 60 valence electrons. The Morgan fingerprint density at radius 1 is 1.55 bits per heavy atom. The van der Waals surface area contributed by atoms with Gasteiger partial charge in [0.1, 0.15) is 5.15 Å². The molecule has 1 rings (SSSR count). The number of nitrogens with zero attached hydrogens (tertiary/aromatic N) is 1. The summed E-state index contributed by atoms with van der Waals surface area (Å²) < 4.78 is 0. The second-order valence-electron chi connectivity index (χ2n) is 1.41. The smallest absolute Gasteiger partial charge is 0.401 e. The maximum Gasteiger partial charge on any atom is 0.401 e. The molecule has 1 heterocycles. The molecule has 11 heavy (non-hydrogen) atoms. The zero-order chi connectivity index (χ0) is 8.69. The molecule has 0 radical (unpaired) electrons. The van der Waals surface area contributed by atoms with E-state index in [-0.39, 0.29) is 0 Å². The van der Waals surface area contributed by atoms with Gasteiger partial charge < -0.3 is 5.11 Å². The average Bonchev–Trinajstić information content (AvgIpc) is 1.87. The first-order valence-corrected chi connectivity index (χ1v) is 3.33. The van der Waals surface area contributed by atoms with E-state index in [1.807, 2.05) is 12.1 Å².